The van der Waals surface area contributed by atoms with Crippen LogP contribution in [-0.2, 0) is 0 Å². The monoisotopic (exact) mass is 219 g/mol. The van der Waals surface area contributed by atoms with Crippen molar-refractivity contribution in [3.8, 4) is 0 Å². The molecule has 2 unspecified atom stereocenters. The van der Waals surface area contributed by atoms with Gasteiger partial charge in [0.05, 0.1) is 11.9 Å². The van der Waals surface area contributed by atoms with Crippen molar-refractivity contribution >= 4 is 11.5 Å². The average molecular weight is 219 g/mol. The van der Waals surface area contributed by atoms with E-state index >= 15 is 0 Å². The third-order valence-corrected chi connectivity index (χ3v) is 3.53. The van der Waals surface area contributed by atoms with E-state index in [0.717, 1.165) is 23.0 Å². The maximum Gasteiger partial charge on any atom is 0.129 e. The molecular weight excluding hydrogens is 198 g/mol. The molecule has 2 atom stereocenters. The van der Waals surface area contributed by atoms with Crippen LogP contribution in [0.5, 0.6) is 0 Å². The Kier molecular flexibility index (Phi) is 3.32. The highest BCUT2D eigenvalue weighted by Gasteiger charge is 2.21. The Labute approximate surface area is 97.5 Å². The summed E-state index contributed by atoms with van der Waals surface area (Å²) in [5, 5.41) is 3.56. The fraction of sp³-hybridized carbons (Fsp3) is 0.615. The van der Waals surface area contributed by atoms with Gasteiger partial charge in [0, 0.05) is 6.04 Å². The van der Waals surface area contributed by atoms with Crippen LogP contribution in [0.1, 0.15) is 38.2 Å². The molecule has 0 aliphatic heterocycles. The molecule has 16 heavy (non-hydrogen) atoms. The first-order chi connectivity index (χ1) is 7.66. The van der Waals surface area contributed by atoms with Gasteiger partial charge in [-0.25, -0.2) is 4.98 Å². The van der Waals surface area contributed by atoms with Gasteiger partial charge in [0.25, 0.3) is 0 Å². The number of aromatic nitrogens is 1. The molecule has 0 radical (unpaired) electrons. The lowest BCUT2D eigenvalue weighted by atomic mass is 9.86. The first-order valence-corrected chi connectivity index (χ1v) is 6.15. The first-order valence-electron chi connectivity index (χ1n) is 6.15. The zero-order valence-corrected chi connectivity index (χ0v) is 10.2. The Morgan fingerprint density at radius 2 is 2.12 bits per heavy atom. The number of anilines is 2. The Bertz CT molecular complexity index is 362. The van der Waals surface area contributed by atoms with Gasteiger partial charge in [-0.1, -0.05) is 19.8 Å². The second-order valence-electron chi connectivity index (χ2n) is 4.95. The van der Waals surface area contributed by atoms with Gasteiger partial charge in [0.15, 0.2) is 0 Å². The van der Waals surface area contributed by atoms with E-state index in [9.17, 15) is 0 Å². The molecule has 1 heterocycles. The van der Waals surface area contributed by atoms with E-state index in [0.29, 0.717) is 6.04 Å². The van der Waals surface area contributed by atoms with Gasteiger partial charge in [-0.05, 0) is 37.3 Å². The predicted octanol–water partition coefficient (Wildman–Crippen LogP) is 2.96. The molecule has 2 rings (SSSR count). The molecule has 0 bridgehead atoms. The lowest BCUT2D eigenvalue weighted by Gasteiger charge is -2.30. The van der Waals surface area contributed by atoms with E-state index in [1.54, 1.807) is 6.20 Å². The molecule has 1 aliphatic rings. The largest absolute Gasteiger partial charge is 0.397 e. The summed E-state index contributed by atoms with van der Waals surface area (Å²) in [5.74, 6) is 1.74. The quantitative estimate of drug-likeness (QED) is 0.804. The van der Waals surface area contributed by atoms with Crippen molar-refractivity contribution in [2.24, 2.45) is 5.92 Å². The zero-order chi connectivity index (χ0) is 11.5. The number of nitrogens with zero attached hydrogens (tertiary/aromatic N) is 1. The van der Waals surface area contributed by atoms with Crippen molar-refractivity contribution in [3.63, 3.8) is 0 Å². The van der Waals surface area contributed by atoms with Crippen LogP contribution in [0.25, 0.3) is 0 Å². The maximum absolute atomic E-state index is 5.70. The molecule has 1 aromatic heterocycles. The smallest absolute Gasteiger partial charge is 0.129 e. The Balaban J connectivity index is 2.07. The third kappa shape index (κ3) is 2.46. The van der Waals surface area contributed by atoms with Crippen molar-refractivity contribution in [3.05, 3.63) is 17.8 Å². The Morgan fingerprint density at radius 3 is 2.81 bits per heavy atom. The van der Waals surface area contributed by atoms with E-state index in [1.165, 1.54) is 25.7 Å². The summed E-state index contributed by atoms with van der Waals surface area (Å²) in [6.45, 7) is 4.38. The van der Waals surface area contributed by atoms with Crippen LogP contribution in [0.3, 0.4) is 0 Å². The van der Waals surface area contributed by atoms with Crippen molar-refractivity contribution in [1.29, 1.82) is 0 Å². The summed E-state index contributed by atoms with van der Waals surface area (Å²) in [5.41, 5.74) is 7.57. The van der Waals surface area contributed by atoms with Crippen molar-refractivity contribution < 1.29 is 0 Å². The van der Waals surface area contributed by atoms with Gasteiger partial charge < -0.3 is 11.1 Å². The topological polar surface area (TPSA) is 50.9 Å². The summed E-state index contributed by atoms with van der Waals surface area (Å²) < 4.78 is 0. The molecule has 3 N–H and O–H groups in total. The van der Waals surface area contributed by atoms with Crippen LogP contribution in [0.4, 0.5) is 11.5 Å². The average Bonchev–Trinajstić information content (AvgIpc) is 2.25. The van der Waals surface area contributed by atoms with Gasteiger partial charge in [-0.15, -0.1) is 0 Å². The molecule has 3 nitrogen and oxygen atoms in total. The summed E-state index contributed by atoms with van der Waals surface area (Å²) >= 11 is 0. The Morgan fingerprint density at radius 1 is 1.38 bits per heavy atom. The van der Waals surface area contributed by atoms with Gasteiger partial charge in [-0.2, -0.15) is 0 Å². The number of aryl methyl sites for hydroxylation is 1. The summed E-state index contributed by atoms with van der Waals surface area (Å²) in [6, 6.07) is 2.55. The lowest BCUT2D eigenvalue weighted by molar-refractivity contribution is 0.349. The van der Waals surface area contributed by atoms with Crippen LogP contribution in [-0.4, -0.2) is 11.0 Å². The highest BCUT2D eigenvalue weighted by molar-refractivity contribution is 5.51. The summed E-state index contributed by atoms with van der Waals surface area (Å²) in [4.78, 5) is 4.37. The summed E-state index contributed by atoms with van der Waals surface area (Å²) in [7, 11) is 0. The standard InChI is InChI=1S/C13H21N3/c1-9-5-3-4-6-12(9)16-13-10(2)7-11(14)8-15-13/h7-9,12H,3-6,14H2,1-2H3,(H,15,16). The number of nitrogens with one attached hydrogen (secondary N) is 1. The van der Waals surface area contributed by atoms with Crippen molar-refractivity contribution in [1.82, 2.24) is 4.98 Å². The van der Waals surface area contributed by atoms with Gasteiger partial charge in [-0.3, -0.25) is 0 Å². The minimum Gasteiger partial charge on any atom is -0.397 e. The predicted molar refractivity (Wildman–Crippen MR) is 68.4 cm³/mol. The number of nitrogens with two attached hydrogens (primary N) is 1. The highest BCUT2D eigenvalue weighted by atomic mass is 15.0. The minimum atomic E-state index is 0.573. The number of nitrogen functional groups attached to an aromatic ring is 1. The van der Waals surface area contributed by atoms with E-state index in [2.05, 4.69) is 24.1 Å². The van der Waals surface area contributed by atoms with Crippen LogP contribution < -0.4 is 11.1 Å². The third-order valence-electron chi connectivity index (χ3n) is 3.53. The number of hydrogen-bond donors (Lipinski definition) is 2. The second-order valence-corrected chi connectivity index (χ2v) is 4.95. The first kappa shape index (κ1) is 11.2. The number of hydrogen-bond acceptors (Lipinski definition) is 3. The molecule has 1 aliphatic carbocycles. The molecule has 1 aromatic rings. The van der Waals surface area contributed by atoms with E-state index in [4.69, 9.17) is 5.73 Å². The maximum atomic E-state index is 5.70. The normalized spacial score (nSPS) is 25.4. The minimum absolute atomic E-state index is 0.573. The fourth-order valence-electron chi connectivity index (χ4n) is 2.45. The molecular formula is C13H21N3. The molecule has 1 fully saturated rings. The van der Waals surface area contributed by atoms with Crippen molar-refractivity contribution in [2.75, 3.05) is 11.1 Å². The van der Waals surface area contributed by atoms with Crippen LogP contribution in [0.2, 0.25) is 0 Å². The highest BCUT2D eigenvalue weighted by Crippen LogP contribution is 2.27. The molecule has 0 saturated heterocycles. The molecule has 0 aromatic carbocycles. The summed E-state index contributed by atoms with van der Waals surface area (Å²) in [6.07, 6.45) is 7.00. The van der Waals surface area contributed by atoms with Crippen LogP contribution in [0.15, 0.2) is 12.3 Å². The number of rotatable bonds is 2. The molecule has 3 heteroatoms. The molecule has 1 saturated carbocycles. The lowest BCUT2D eigenvalue weighted by Crippen LogP contribution is -2.30. The van der Waals surface area contributed by atoms with E-state index < -0.39 is 0 Å². The molecule has 0 spiro atoms. The van der Waals surface area contributed by atoms with E-state index in [1.807, 2.05) is 6.07 Å². The van der Waals surface area contributed by atoms with E-state index in [-0.39, 0.29) is 0 Å². The fourth-order valence-corrected chi connectivity index (χ4v) is 2.45. The van der Waals surface area contributed by atoms with Crippen LogP contribution in [0, 0.1) is 12.8 Å². The van der Waals surface area contributed by atoms with Gasteiger partial charge in [0.1, 0.15) is 5.82 Å². The van der Waals surface area contributed by atoms with Gasteiger partial charge >= 0.3 is 0 Å². The number of pyridine rings is 1. The zero-order valence-electron chi connectivity index (χ0n) is 10.2. The second kappa shape index (κ2) is 4.73. The SMILES string of the molecule is Cc1cc(N)cnc1NC1CCCCC1C. The van der Waals surface area contributed by atoms with Gasteiger partial charge in [0.2, 0.25) is 0 Å². The Hall–Kier alpha value is -1.25. The van der Waals surface area contributed by atoms with Crippen LogP contribution >= 0.6 is 0 Å². The van der Waals surface area contributed by atoms with Crippen molar-refractivity contribution in [2.45, 2.75) is 45.6 Å². The molecule has 0 amide bonds. The molecule has 88 valence electrons.